The maximum Gasteiger partial charge on any atom is 0.225 e. The number of hydrogen-bond acceptors (Lipinski definition) is 4. The molecule has 0 aromatic heterocycles. The number of amides is 2. The second-order valence-electron chi connectivity index (χ2n) is 6.64. The summed E-state index contributed by atoms with van der Waals surface area (Å²) >= 11 is 0. The lowest BCUT2D eigenvalue weighted by molar-refractivity contribution is -0.141. The van der Waals surface area contributed by atoms with Crippen molar-refractivity contribution in [3.63, 3.8) is 0 Å². The van der Waals surface area contributed by atoms with Crippen LogP contribution in [-0.2, 0) is 9.59 Å². The number of rotatable bonds is 5. The molecular weight excluding hydrogens is 306 g/mol. The van der Waals surface area contributed by atoms with Gasteiger partial charge in [-0.3, -0.25) is 9.59 Å². The van der Waals surface area contributed by atoms with Crippen LogP contribution in [0.1, 0.15) is 24.4 Å². The first kappa shape index (κ1) is 16.8. The SMILES string of the molecule is COc1ccc(C2C(C(=O)NCC3CNC3)CCC(=O)N2C)cc1. The number of methoxy groups -OCH3 is 1. The van der Waals surface area contributed by atoms with E-state index in [1.54, 1.807) is 19.1 Å². The van der Waals surface area contributed by atoms with Gasteiger partial charge in [0, 0.05) is 39.0 Å². The first-order valence-electron chi connectivity index (χ1n) is 8.48. The molecule has 0 spiro atoms. The van der Waals surface area contributed by atoms with Gasteiger partial charge >= 0.3 is 0 Å². The highest BCUT2D eigenvalue weighted by atomic mass is 16.5. The van der Waals surface area contributed by atoms with Crippen LogP contribution >= 0.6 is 0 Å². The summed E-state index contributed by atoms with van der Waals surface area (Å²) < 4.78 is 5.20. The lowest BCUT2D eigenvalue weighted by Crippen LogP contribution is -2.51. The van der Waals surface area contributed by atoms with Crippen molar-refractivity contribution in [2.75, 3.05) is 33.8 Å². The molecule has 2 N–H and O–H groups in total. The van der Waals surface area contributed by atoms with Crippen LogP contribution in [0.4, 0.5) is 0 Å². The zero-order valence-corrected chi connectivity index (χ0v) is 14.2. The van der Waals surface area contributed by atoms with E-state index in [-0.39, 0.29) is 23.8 Å². The molecule has 0 aliphatic carbocycles. The van der Waals surface area contributed by atoms with Crippen LogP contribution in [0, 0.1) is 11.8 Å². The predicted molar refractivity (Wildman–Crippen MR) is 90.6 cm³/mol. The Bertz CT molecular complexity index is 598. The van der Waals surface area contributed by atoms with Gasteiger partial charge in [0.2, 0.25) is 11.8 Å². The second-order valence-corrected chi connectivity index (χ2v) is 6.64. The molecule has 0 saturated carbocycles. The molecule has 2 fully saturated rings. The summed E-state index contributed by atoms with van der Waals surface area (Å²) in [6.07, 6.45) is 1.01. The Morgan fingerprint density at radius 3 is 2.62 bits per heavy atom. The lowest BCUT2D eigenvalue weighted by atomic mass is 9.83. The molecule has 6 nitrogen and oxygen atoms in total. The standard InChI is InChI=1S/C18H25N3O3/c1-21-16(22)8-7-15(18(23)20-11-12-9-19-10-12)17(21)13-3-5-14(24-2)6-4-13/h3-6,12,15,17,19H,7-11H2,1-2H3,(H,20,23). The molecule has 2 saturated heterocycles. The Labute approximate surface area is 142 Å². The number of likely N-dealkylation sites (tertiary alicyclic amines) is 1. The topological polar surface area (TPSA) is 70.7 Å². The smallest absolute Gasteiger partial charge is 0.225 e. The average molecular weight is 331 g/mol. The molecule has 0 radical (unpaired) electrons. The van der Waals surface area contributed by atoms with Gasteiger partial charge in [0.15, 0.2) is 0 Å². The van der Waals surface area contributed by atoms with Gasteiger partial charge in [-0.05, 0) is 24.1 Å². The van der Waals surface area contributed by atoms with E-state index in [1.807, 2.05) is 24.3 Å². The summed E-state index contributed by atoms with van der Waals surface area (Å²) in [6, 6.07) is 7.40. The highest BCUT2D eigenvalue weighted by Gasteiger charge is 2.39. The summed E-state index contributed by atoms with van der Waals surface area (Å²) in [5.41, 5.74) is 0.969. The molecule has 2 aliphatic rings. The largest absolute Gasteiger partial charge is 0.497 e. The summed E-state index contributed by atoms with van der Waals surface area (Å²) in [6.45, 7) is 2.63. The van der Waals surface area contributed by atoms with Gasteiger partial charge in [-0.15, -0.1) is 0 Å². The van der Waals surface area contributed by atoms with Gasteiger partial charge < -0.3 is 20.3 Å². The van der Waals surface area contributed by atoms with Gasteiger partial charge in [0.1, 0.15) is 5.75 Å². The summed E-state index contributed by atoms with van der Waals surface area (Å²) in [5, 5.41) is 6.28. The minimum absolute atomic E-state index is 0.0436. The van der Waals surface area contributed by atoms with Crippen LogP contribution in [0.25, 0.3) is 0 Å². The van der Waals surface area contributed by atoms with Crippen LogP contribution in [0.3, 0.4) is 0 Å². The molecule has 3 rings (SSSR count). The third-order valence-electron chi connectivity index (χ3n) is 5.09. The molecule has 2 amide bonds. The third-order valence-corrected chi connectivity index (χ3v) is 5.09. The number of nitrogens with zero attached hydrogens (tertiary/aromatic N) is 1. The monoisotopic (exact) mass is 331 g/mol. The fraction of sp³-hybridized carbons (Fsp3) is 0.556. The first-order valence-corrected chi connectivity index (χ1v) is 8.48. The Balaban J connectivity index is 1.76. The Morgan fingerprint density at radius 1 is 1.33 bits per heavy atom. The van der Waals surface area contributed by atoms with Gasteiger partial charge in [-0.25, -0.2) is 0 Å². The van der Waals surface area contributed by atoms with Crippen LogP contribution in [0.15, 0.2) is 24.3 Å². The lowest BCUT2D eigenvalue weighted by Gasteiger charge is -2.39. The predicted octanol–water partition coefficient (Wildman–Crippen LogP) is 0.940. The molecule has 130 valence electrons. The number of carbonyl (C=O) groups excluding carboxylic acids is 2. The quantitative estimate of drug-likeness (QED) is 0.842. The number of nitrogens with one attached hydrogen (secondary N) is 2. The molecule has 1 aromatic carbocycles. The van der Waals surface area contributed by atoms with E-state index in [4.69, 9.17) is 4.74 Å². The van der Waals surface area contributed by atoms with E-state index in [1.165, 1.54) is 0 Å². The van der Waals surface area contributed by atoms with E-state index in [0.29, 0.717) is 25.3 Å². The van der Waals surface area contributed by atoms with Crippen molar-refractivity contribution < 1.29 is 14.3 Å². The zero-order valence-electron chi connectivity index (χ0n) is 14.2. The maximum absolute atomic E-state index is 12.7. The highest BCUT2D eigenvalue weighted by molar-refractivity contribution is 5.84. The Morgan fingerprint density at radius 2 is 2.04 bits per heavy atom. The van der Waals surface area contributed by atoms with Crippen molar-refractivity contribution in [3.8, 4) is 5.75 Å². The first-order chi connectivity index (χ1) is 11.6. The van der Waals surface area contributed by atoms with E-state index in [0.717, 1.165) is 24.4 Å². The van der Waals surface area contributed by atoms with Gasteiger partial charge in [0.05, 0.1) is 19.1 Å². The molecule has 0 bridgehead atoms. The number of benzene rings is 1. The molecule has 1 aromatic rings. The van der Waals surface area contributed by atoms with Crippen LogP contribution in [0.2, 0.25) is 0 Å². The van der Waals surface area contributed by atoms with Crippen LogP contribution in [-0.4, -0.2) is 50.5 Å². The van der Waals surface area contributed by atoms with Crippen LogP contribution < -0.4 is 15.4 Å². The van der Waals surface area contributed by atoms with E-state index in [2.05, 4.69) is 10.6 Å². The Hall–Kier alpha value is -2.08. The van der Waals surface area contributed by atoms with E-state index < -0.39 is 0 Å². The summed E-state index contributed by atoms with van der Waals surface area (Å²) in [7, 11) is 3.41. The fourth-order valence-corrected chi connectivity index (χ4v) is 3.44. The number of carbonyl (C=O) groups is 2. The van der Waals surface area contributed by atoms with Gasteiger partial charge in [-0.2, -0.15) is 0 Å². The van der Waals surface area contributed by atoms with Crippen molar-refractivity contribution in [3.05, 3.63) is 29.8 Å². The second kappa shape index (κ2) is 7.21. The van der Waals surface area contributed by atoms with Crippen molar-refractivity contribution in [1.82, 2.24) is 15.5 Å². The molecule has 2 atom stereocenters. The van der Waals surface area contributed by atoms with Gasteiger partial charge in [-0.1, -0.05) is 12.1 Å². The number of ether oxygens (including phenoxy) is 1. The van der Waals surface area contributed by atoms with Crippen molar-refractivity contribution in [2.24, 2.45) is 11.8 Å². The molecule has 6 heteroatoms. The van der Waals surface area contributed by atoms with E-state index >= 15 is 0 Å². The zero-order chi connectivity index (χ0) is 17.1. The van der Waals surface area contributed by atoms with E-state index in [9.17, 15) is 9.59 Å². The molecule has 2 aliphatic heterocycles. The average Bonchev–Trinajstić information content (AvgIpc) is 2.55. The summed E-state index contributed by atoms with van der Waals surface area (Å²) in [4.78, 5) is 26.6. The molecule has 2 heterocycles. The van der Waals surface area contributed by atoms with Crippen molar-refractivity contribution in [2.45, 2.75) is 18.9 Å². The minimum Gasteiger partial charge on any atom is -0.497 e. The normalized spacial score (nSPS) is 24.4. The third kappa shape index (κ3) is 3.38. The molecule has 24 heavy (non-hydrogen) atoms. The molecule has 2 unspecified atom stereocenters. The number of piperidine rings is 1. The highest BCUT2D eigenvalue weighted by Crippen LogP contribution is 2.36. The fourth-order valence-electron chi connectivity index (χ4n) is 3.44. The minimum atomic E-state index is -0.225. The van der Waals surface area contributed by atoms with Crippen molar-refractivity contribution in [1.29, 1.82) is 0 Å². The van der Waals surface area contributed by atoms with Crippen LogP contribution in [0.5, 0.6) is 5.75 Å². The summed E-state index contributed by atoms with van der Waals surface area (Å²) in [5.74, 6) is 1.21. The number of hydrogen-bond donors (Lipinski definition) is 2. The maximum atomic E-state index is 12.7. The molecular formula is C18H25N3O3. The van der Waals surface area contributed by atoms with Gasteiger partial charge in [0.25, 0.3) is 0 Å². The van der Waals surface area contributed by atoms with Crippen molar-refractivity contribution >= 4 is 11.8 Å². The Kier molecular flexibility index (Phi) is 5.04.